The third kappa shape index (κ3) is 4.99. The Morgan fingerprint density at radius 1 is 1.10 bits per heavy atom. The highest BCUT2D eigenvalue weighted by atomic mass is 16.5. The van der Waals surface area contributed by atoms with Gasteiger partial charge in [-0.3, -0.25) is 9.59 Å². The van der Waals surface area contributed by atoms with E-state index in [2.05, 4.69) is 11.4 Å². The van der Waals surface area contributed by atoms with Gasteiger partial charge in [0, 0.05) is 18.5 Å². The van der Waals surface area contributed by atoms with Crippen LogP contribution in [0.1, 0.15) is 59.2 Å². The number of carbonyl (C=O) groups is 2. The van der Waals surface area contributed by atoms with E-state index < -0.39 is 0 Å². The Labute approximate surface area is 184 Å². The van der Waals surface area contributed by atoms with Gasteiger partial charge in [-0.15, -0.1) is 0 Å². The summed E-state index contributed by atoms with van der Waals surface area (Å²) in [4.78, 5) is 26.8. The lowest BCUT2D eigenvalue weighted by Crippen LogP contribution is -2.31. The number of nitrogens with zero attached hydrogens (tertiary/aromatic N) is 1. The molecule has 2 aromatic carbocycles. The van der Waals surface area contributed by atoms with Gasteiger partial charge in [0.05, 0.1) is 19.2 Å². The largest absolute Gasteiger partial charge is 0.496 e. The first-order valence-electron chi connectivity index (χ1n) is 11.5. The van der Waals surface area contributed by atoms with Gasteiger partial charge >= 0.3 is 0 Å². The number of hydrogen-bond donors (Lipinski definition) is 1. The Bertz CT molecular complexity index is 954. The number of Topliss-reactive ketones (excluding diaryl/α,β-unsaturated/α-hetero) is 1. The first kappa shape index (κ1) is 21.6. The lowest BCUT2D eigenvalue weighted by atomic mass is 9.94. The summed E-state index contributed by atoms with van der Waals surface area (Å²) in [5, 5.41) is 3.48. The van der Waals surface area contributed by atoms with Crippen molar-refractivity contribution in [3.05, 3.63) is 58.7 Å². The van der Waals surface area contributed by atoms with Crippen molar-refractivity contribution in [1.29, 1.82) is 0 Å². The van der Waals surface area contributed by atoms with Crippen LogP contribution in [0.2, 0.25) is 0 Å². The topological polar surface area (TPSA) is 58.6 Å². The molecule has 1 amide bonds. The number of para-hydroxylation sites is 1. The molecule has 31 heavy (non-hydrogen) atoms. The van der Waals surface area contributed by atoms with Gasteiger partial charge in [0.2, 0.25) is 5.91 Å². The van der Waals surface area contributed by atoms with Crippen LogP contribution in [0.25, 0.3) is 0 Å². The second kappa shape index (κ2) is 10.1. The van der Waals surface area contributed by atoms with Gasteiger partial charge in [-0.25, -0.2) is 0 Å². The van der Waals surface area contributed by atoms with E-state index in [1.807, 2.05) is 35.2 Å². The number of anilines is 1. The third-order valence-corrected chi connectivity index (χ3v) is 6.33. The summed E-state index contributed by atoms with van der Waals surface area (Å²) >= 11 is 0. The summed E-state index contributed by atoms with van der Waals surface area (Å²) < 4.78 is 5.40. The van der Waals surface area contributed by atoms with Crippen LogP contribution in [0.5, 0.6) is 5.75 Å². The summed E-state index contributed by atoms with van der Waals surface area (Å²) in [6, 6.07) is 12.2. The number of ether oxygens (including phenoxy) is 1. The van der Waals surface area contributed by atoms with Crippen LogP contribution in [0.3, 0.4) is 0 Å². The number of ketones is 1. The van der Waals surface area contributed by atoms with Crippen LogP contribution in [-0.2, 0) is 24.1 Å². The average molecular weight is 421 g/mol. The minimum atomic E-state index is 0.178. The molecular formula is C26H32N2O3. The lowest BCUT2D eigenvalue weighted by molar-refractivity contribution is -0.117. The molecule has 0 radical (unpaired) electrons. The van der Waals surface area contributed by atoms with Crippen LogP contribution < -0.4 is 15.0 Å². The predicted octanol–water partition coefficient (Wildman–Crippen LogP) is 4.11. The van der Waals surface area contributed by atoms with Crippen LogP contribution in [0.4, 0.5) is 5.69 Å². The molecule has 0 aromatic heterocycles. The zero-order valence-corrected chi connectivity index (χ0v) is 18.4. The Hall–Kier alpha value is -2.66. The highest BCUT2D eigenvalue weighted by molar-refractivity contribution is 6.05. The van der Waals surface area contributed by atoms with Crippen molar-refractivity contribution in [2.45, 2.75) is 51.4 Å². The zero-order valence-electron chi connectivity index (χ0n) is 18.4. The highest BCUT2D eigenvalue weighted by Crippen LogP contribution is 2.37. The lowest BCUT2D eigenvalue weighted by Gasteiger charge is -2.25. The number of benzene rings is 2. The van der Waals surface area contributed by atoms with Crippen molar-refractivity contribution in [1.82, 2.24) is 5.32 Å². The molecule has 2 heterocycles. The molecule has 0 unspecified atom stereocenters. The number of unbranched alkanes of at least 4 members (excludes halogenated alkanes) is 1. The Morgan fingerprint density at radius 3 is 2.77 bits per heavy atom. The van der Waals surface area contributed by atoms with Crippen molar-refractivity contribution in [3.63, 3.8) is 0 Å². The molecule has 4 rings (SSSR count). The average Bonchev–Trinajstić information content (AvgIpc) is 3.12. The fraction of sp³-hybridized carbons (Fsp3) is 0.462. The van der Waals surface area contributed by atoms with Gasteiger partial charge in [0.1, 0.15) is 5.75 Å². The molecule has 2 aliphatic heterocycles. The molecule has 0 saturated heterocycles. The molecule has 0 atom stereocenters. The van der Waals surface area contributed by atoms with Crippen LogP contribution in [0, 0.1) is 0 Å². The molecular weight excluding hydrogens is 388 g/mol. The maximum atomic E-state index is 12.7. The Balaban J connectivity index is 1.16. The van der Waals surface area contributed by atoms with Crippen LogP contribution >= 0.6 is 0 Å². The van der Waals surface area contributed by atoms with Crippen molar-refractivity contribution >= 4 is 17.4 Å². The quantitative estimate of drug-likeness (QED) is 0.439. The minimum Gasteiger partial charge on any atom is -0.496 e. The van der Waals surface area contributed by atoms with Gasteiger partial charge < -0.3 is 15.0 Å². The highest BCUT2D eigenvalue weighted by Gasteiger charge is 2.32. The van der Waals surface area contributed by atoms with Crippen molar-refractivity contribution in [3.8, 4) is 5.75 Å². The summed E-state index contributed by atoms with van der Waals surface area (Å²) in [6.07, 6.45) is 6.90. The summed E-state index contributed by atoms with van der Waals surface area (Å²) in [5.74, 6) is 1.34. The van der Waals surface area contributed by atoms with E-state index in [0.717, 1.165) is 80.7 Å². The monoisotopic (exact) mass is 420 g/mol. The van der Waals surface area contributed by atoms with Gasteiger partial charge in [0.25, 0.3) is 0 Å². The molecule has 0 aliphatic carbocycles. The number of carbonyl (C=O) groups excluding carboxylic acids is 2. The molecule has 5 heteroatoms. The molecule has 2 aliphatic rings. The van der Waals surface area contributed by atoms with Crippen LogP contribution in [0.15, 0.2) is 36.4 Å². The van der Waals surface area contributed by atoms with Crippen molar-refractivity contribution in [2.24, 2.45) is 0 Å². The second-order valence-corrected chi connectivity index (χ2v) is 8.51. The molecule has 0 bridgehead atoms. The first-order chi connectivity index (χ1) is 15.2. The minimum absolute atomic E-state index is 0.178. The standard InChI is InChI=1S/C26H32N2O3/c1-31-24-12-3-2-8-19(24)9-6-14-27-13-5-4-11-23(29)21-16-20-10-7-15-28-25(30)18-22(17-21)26(20)28/h2-3,8,12,16-17,27H,4-7,9-11,13-15,18H2,1H3. The number of amides is 1. The smallest absolute Gasteiger partial charge is 0.231 e. The number of methoxy groups -OCH3 is 1. The van der Waals surface area contributed by atoms with Crippen molar-refractivity contribution < 1.29 is 14.3 Å². The number of nitrogens with one attached hydrogen (secondary N) is 1. The SMILES string of the molecule is COc1ccccc1CCCNCCCCC(=O)c1cc2c3c(c1)CC(=O)N3CCC2. The van der Waals surface area contributed by atoms with E-state index >= 15 is 0 Å². The van der Waals surface area contributed by atoms with E-state index in [1.54, 1.807) is 7.11 Å². The van der Waals surface area contributed by atoms with Gasteiger partial charge in [-0.05, 0) is 86.5 Å². The van der Waals surface area contributed by atoms with Crippen molar-refractivity contribution in [2.75, 3.05) is 31.6 Å². The number of rotatable bonds is 11. The van der Waals surface area contributed by atoms with Gasteiger partial charge in [-0.1, -0.05) is 18.2 Å². The molecule has 2 aromatic rings. The summed E-state index contributed by atoms with van der Waals surface area (Å²) in [6.45, 7) is 2.71. The van der Waals surface area contributed by atoms with Crippen LogP contribution in [-0.4, -0.2) is 38.4 Å². The fourth-order valence-electron chi connectivity index (χ4n) is 4.76. The summed E-state index contributed by atoms with van der Waals surface area (Å²) in [5.41, 5.74) is 5.34. The zero-order chi connectivity index (χ0) is 21.6. The van der Waals surface area contributed by atoms with E-state index in [-0.39, 0.29) is 11.7 Å². The summed E-state index contributed by atoms with van der Waals surface area (Å²) in [7, 11) is 1.71. The Morgan fingerprint density at radius 2 is 1.90 bits per heavy atom. The first-order valence-corrected chi connectivity index (χ1v) is 11.5. The van der Waals surface area contributed by atoms with E-state index in [1.165, 1.54) is 11.1 Å². The molecule has 164 valence electrons. The molecule has 5 nitrogen and oxygen atoms in total. The van der Waals surface area contributed by atoms with E-state index in [0.29, 0.717) is 12.8 Å². The Kier molecular flexibility index (Phi) is 7.03. The van der Waals surface area contributed by atoms with Gasteiger partial charge in [0.15, 0.2) is 5.78 Å². The molecule has 0 spiro atoms. The number of aryl methyl sites for hydroxylation is 2. The number of hydrogen-bond acceptors (Lipinski definition) is 4. The third-order valence-electron chi connectivity index (χ3n) is 6.33. The van der Waals surface area contributed by atoms with Gasteiger partial charge in [-0.2, -0.15) is 0 Å². The van der Waals surface area contributed by atoms with E-state index in [9.17, 15) is 9.59 Å². The maximum Gasteiger partial charge on any atom is 0.231 e. The normalized spacial score (nSPS) is 14.6. The van der Waals surface area contributed by atoms with E-state index in [4.69, 9.17) is 4.74 Å². The second-order valence-electron chi connectivity index (χ2n) is 8.51. The fourth-order valence-corrected chi connectivity index (χ4v) is 4.76. The maximum absolute atomic E-state index is 12.7. The molecule has 0 saturated carbocycles. The molecule has 0 fully saturated rings. The molecule has 1 N–H and O–H groups in total. The predicted molar refractivity (Wildman–Crippen MR) is 123 cm³/mol.